The number of piperidine rings is 1. The van der Waals surface area contributed by atoms with E-state index in [9.17, 15) is 8.78 Å². The van der Waals surface area contributed by atoms with Gasteiger partial charge in [0.25, 0.3) is 0 Å². The summed E-state index contributed by atoms with van der Waals surface area (Å²) in [4.78, 5) is 2.09. The first-order chi connectivity index (χ1) is 9.49. The van der Waals surface area contributed by atoms with Crippen molar-refractivity contribution in [1.29, 1.82) is 0 Å². The van der Waals surface area contributed by atoms with Crippen molar-refractivity contribution in [2.45, 2.75) is 31.4 Å². The van der Waals surface area contributed by atoms with Gasteiger partial charge >= 0.3 is 0 Å². The molecule has 1 saturated heterocycles. The number of benzene rings is 1. The summed E-state index contributed by atoms with van der Waals surface area (Å²) in [5.41, 5.74) is 5.89. The third-order valence-corrected chi connectivity index (χ3v) is 4.16. The summed E-state index contributed by atoms with van der Waals surface area (Å²) in [5.74, 6) is -0.849. The maximum atomic E-state index is 14.0. The fourth-order valence-corrected chi connectivity index (χ4v) is 2.92. The van der Waals surface area contributed by atoms with E-state index in [1.807, 2.05) is 6.92 Å². The number of methoxy groups -OCH3 is 1. The quantitative estimate of drug-likeness (QED) is 0.923. The molecule has 1 fully saturated rings. The van der Waals surface area contributed by atoms with Crippen LogP contribution in [0.1, 0.15) is 31.4 Å². The molecule has 0 aliphatic carbocycles. The normalized spacial score (nSPS) is 25.6. The zero-order chi connectivity index (χ0) is 14.8. The SMILES string of the molecule is COC1(C)CCCN(C(CN)c2cc(F)ccc2F)C1. The minimum absolute atomic E-state index is 0.250. The Kier molecular flexibility index (Phi) is 4.73. The summed E-state index contributed by atoms with van der Waals surface area (Å²) in [5, 5.41) is 0. The van der Waals surface area contributed by atoms with Crippen molar-refractivity contribution in [1.82, 2.24) is 4.90 Å². The molecule has 0 saturated carbocycles. The zero-order valence-corrected chi connectivity index (χ0v) is 12.0. The number of nitrogens with zero attached hydrogens (tertiary/aromatic N) is 1. The van der Waals surface area contributed by atoms with Gasteiger partial charge in [0, 0.05) is 25.8 Å². The smallest absolute Gasteiger partial charge is 0.128 e. The molecule has 1 aromatic rings. The highest BCUT2D eigenvalue weighted by Gasteiger charge is 2.34. The summed E-state index contributed by atoms with van der Waals surface area (Å²) in [6.45, 7) is 3.77. The Morgan fingerprint density at radius 1 is 1.45 bits per heavy atom. The van der Waals surface area contributed by atoms with Crippen LogP contribution in [0.4, 0.5) is 8.78 Å². The van der Waals surface area contributed by atoms with Crippen LogP contribution in [0.3, 0.4) is 0 Å². The number of hydrogen-bond donors (Lipinski definition) is 1. The van der Waals surface area contributed by atoms with Gasteiger partial charge in [-0.05, 0) is 44.5 Å². The first kappa shape index (κ1) is 15.4. The van der Waals surface area contributed by atoms with Gasteiger partial charge in [0.2, 0.25) is 0 Å². The van der Waals surface area contributed by atoms with E-state index < -0.39 is 11.6 Å². The molecule has 5 heteroatoms. The standard InChI is InChI=1S/C15H22F2N2O/c1-15(20-2)6-3-7-19(10-15)14(9-18)12-8-11(16)4-5-13(12)17/h4-5,8,14H,3,6-7,9-10,18H2,1-2H3. The van der Waals surface area contributed by atoms with Crippen LogP contribution in [-0.2, 0) is 4.74 Å². The lowest BCUT2D eigenvalue weighted by Gasteiger charge is -2.43. The Morgan fingerprint density at radius 2 is 2.20 bits per heavy atom. The Hall–Kier alpha value is -1.04. The van der Waals surface area contributed by atoms with Crippen LogP contribution in [0.15, 0.2) is 18.2 Å². The molecule has 0 radical (unpaired) electrons. The number of halogens is 2. The average Bonchev–Trinajstić information content (AvgIpc) is 2.44. The van der Waals surface area contributed by atoms with Gasteiger partial charge < -0.3 is 10.5 Å². The molecule has 0 amide bonds. The van der Waals surface area contributed by atoms with Crippen LogP contribution in [0.2, 0.25) is 0 Å². The summed E-state index contributed by atoms with van der Waals surface area (Å²) in [6.07, 6.45) is 1.92. The van der Waals surface area contributed by atoms with E-state index in [0.29, 0.717) is 12.1 Å². The molecule has 112 valence electrons. The highest BCUT2D eigenvalue weighted by molar-refractivity contribution is 5.23. The first-order valence-corrected chi connectivity index (χ1v) is 6.93. The van der Waals surface area contributed by atoms with Gasteiger partial charge in [0.15, 0.2) is 0 Å². The number of nitrogens with two attached hydrogens (primary N) is 1. The van der Waals surface area contributed by atoms with Crippen molar-refractivity contribution in [3.8, 4) is 0 Å². The molecular weight excluding hydrogens is 262 g/mol. The number of rotatable bonds is 4. The van der Waals surface area contributed by atoms with Crippen molar-refractivity contribution in [2.24, 2.45) is 5.73 Å². The molecule has 0 bridgehead atoms. The summed E-state index contributed by atoms with van der Waals surface area (Å²) < 4.78 is 32.9. The second-order valence-electron chi connectivity index (χ2n) is 5.65. The van der Waals surface area contributed by atoms with Gasteiger partial charge in [0.05, 0.1) is 11.6 Å². The molecule has 2 atom stereocenters. The predicted molar refractivity (Wildman–Crippen MR) is 74.4 cm³/mol. The second-order valence-corrected chi connectivity index (χ2v) is 5.65. The average molecular weight is 284 g/mol. The number of ether oxygens (including phenoxy) is 1. The molecular formula is C15H22F2N2O. The van der Waals surface area contributed by atoms with E-state index in [-0.39, 0.29) is 18.2 Å². The Balaban J connectivity index is 2.25. The number of hydrogen-bond acceptors (Lipinski definition) is 3. The van der Waals surface area contributed by atoms with Gasteiger partial charge in [-0.2, -0.15) is 0 Å². The van der Waals surface area contributed by atoms with Gasteiger partial charge in [-0.3, -0.25) is 4.90 Å². The fourth-order valence-electron chi connectivity index (χ4n) is 2.92. The molecule has 0 aromatic heterocycles. The summed E-state index contributed by atoms with van der Waals surface area (Å²) in [6, 6.07) is 3.21. The van der Waals surface area contributed by atoms with Crippen LogP contribution in [-0.4, -0.2) is 37.2 Å². The Morgan fingerprint density at radius 3 is 2.85 bits per heavy atom. The minimum atomic E-state index is -0.439. The molecule has 2 unspecified atom stereocenters. The lowest BCUT2D eigenvalue weighted by atomic mass is 9.92. The van der Waals surface area contributed by atoms with Crippen molar-refractivity contribution in [2.75, 3.05) is 26.7 Å². The molecule has 1 heterocycles. The van der Waals surface area contributed by atoms with E-state index in [0.717, 1.165) is 31.5 Å². The summed E-state index contributed by atoms with van der Waals surface area (Å²) >= 11 is 0. The van der Waals surface area contributed by atoms with Crippen LogP contribution in [0, 0.1) is 11.6 Å². The van der Waals surface area contributed by atoms with Crippen LogP contribution >= 0.6 is 0 Å². The molecule has 2 N–H and O–H groups in total. The monoisotopic (exact) mass is 284 g/mol. The number of likely N-dealkylation sites (tertiary alicyclic amines) is 1. The van der Waals surface area contributed by atoms with Gasteiger partial charge in [-0.25, -0.2) is 8.78 Å². The molecule has 1 aromatic carbocycles. The fraction of sp³-hybridized carbons (Fsp3) is 0.600. The van der Waals surface area contributed by atoms with E-state index in [2.05, 4.69) is 4.90 Å². The van der Waals surface area contributed by atoms with E-state index in [4.69, 9.17) is 10.5 Å². The topological polar surface area (TPSA) is 38.5 Å². The largest absolute Gasteiger partial charge is 0.377 e. The van der Waals surface area contributed by atoms with Crippen molar-refractivity contribution in [3.63, 3.8) is 0 Å². The third kappa shape index (κ3) is 3.16. The molecule has 2 rings (SSSR count). The molecule has 1 aliphatic heterocycles. The van der Waals surface area contributed by atoms with Crippen molar-refractivity contribution in [3.05, 3.63) is 35.4 Å². The van der Waals surface area contributed by atoms with Gasteiger partial charge in [0.1, 0.15) is 11.6 Å². The lowest BCUT2D eigenvalue weighted by Crippen LogP contribution is -2.50. The molecule has 20 heavy (non-hydrogen) atoms. The summed E-state index contributed by atoms with van der Waals surface area (Å²) in [7, 11) is 1.68. The lowest BCUT2D eigenvalue weighted by molar-refractivity contribution is -0.0611. The highest BCUT2D eigenvalue weighted by Crippen LogP contribution is 2.31. The Labute approximate surface area is 118 Å². The van der Waals surface area contributed by atoms with Crippen LogP contribution in [0.5, 0.6) is 0 Å². The first-order valence-electron chi connectivity index (χ1n) is 6.93. The maximum absolute atomic E-state index is 14.0. The zero-order valence-electron chi connectivity index (χ0n) is 12.0. The van der Waals surface area contributed by atoms with Crippen molar-refractivity contribution >= 4 is 0 Å². The van der Waals surface area contributed by atoms with Crippen LogP contribution in [0.25, 0.3) is 0 Å². The van der Waals surface area contributed by atoms with Gasteiger partial charge in [-0.15, -0.1) is 0 Å². The molecule has 3 nitrogen and oxygen atoms in total. The van der Waals surface area contributed by atoms with E-state index in [1.54, 1.807) is 7.11 Å². The molecule has 0 spiro atoms. The van der Waals surface area contributed by atoms with E-state index in [1.165, 1.54) is 6.07 Å². The Bertz CT molecular complexity index is 469. The highest BCUT2D eigenvalue weighted by atomic mass is 19.1. The predicted octanol–water partition coefficient (Wildman–Crippen LogP) is 2.47. The van der Waals surface area contributed by atoms with Crippen molar-refractivity contribution < 1.29 is 13.5 Å². The maximum Gasteiger partial charge on any atom is 0.128 e. The molecule has 1 aliphatic rings. The van der Waals surface area contributed by atoms with E-state index >= 15 is 0 Å². The second kappa shape index (κ2) is 6.16. The van der Waals surface area contributed by atoms with Crippen LogP contribution < -0.4 is 5.73 Å². The minimum Gasteiger partial charge on any atom is -0.377 e. The third-order valence-electron chi connectivity index (χ3n) is 4.16. The van der Waals surface area contributed by atoms with Gasteiger partial charge in [-0.1, -0.05) is 0 Å².